The summed E-state index contributed by atoms with van der Waals surface area (Å²) in [6, 6.07) is 13.6. The molecule has 148 valence electrons. The van der Waals surface area contributed by atoms with Crippen molar-refractivity contribution < 1.29 is 14.7 Å². The third-order valence-electron chi connectivity index (χ3n) is 3.77. The van der Waals surface area contributed by atoms with E-state index < -0.39 is 17.9 Å². The third-order valence-corrected chi connectivity index (χ3v) is 5.18. The normalized spacial score (nSPS) is 11.5. The fraction of sp³-hybridized carbons (Fsp3) is 0.100. The number of rotatable bonds is 7. The Bertz CT molecular complexity index is 1000. The average Bonchev–Trinajstić information content (AvgIpc) is 2.74. The minimum Gasteiger partial charge on any atom is -0.387 e. The van der Waals surface area contributed by atoms with Gasteiger partial charge >= 0.3 is 0 Å². The Balaban J connectivity index is 1.86. The zero-order valence-electron chi connectivity index (χ0n) is 15.1. The summed E-state index contributed by atoms with van der Waals surface area (Å²) < 4.78 is 0. The number of benzene rings is 1. The van der Waals surface area contributed by atoms with Crippen LogP contribution in [0.2, 0.25) is 5.02 Å². The highest BCUT2D eigenvalue weighted by Crippen LogP contribution is 2.34. The second kappa shape index (κ2) is 10.0. The molecular weight excluding hydrogens is 412 g/mol. The molecule has 9 heteroatoms. The van der Waals surface area contributed by atoms with Crippen molar-refractivity contribution in [3.05, 3.63) is 83.3 Å². The third kappa shape index (κ3) is 5.77. The van der Waals surface area contributed by atoms with Crippen LogP contribution < -0.4 is 10.6 Å². The number of nitrogens with zero attached hydrogens (tertiary/aromatic N) is 2. The summed E-state index contributed by atoms with van der Waals surface area (Å²) in [6.07, 6.45) is 4.76. The number of anilines is 1. The molecule has 0 saturated carbocycles. The van der Waals surface area contributed by atoms with Gasteiger partial charge in [0.2, 0.25) is 5.91 Å². The molecule has 2 heterocycles. The summed E-state index contributed by atoms with van der Waals surface area (Å²) >= 11 is 7.16. The summed E-state index contributed by atoms with van der Waals surface area (Å²) in [5.41, 5.74) is 1.65. The van der Waals surface area contributed by atoms with Crippen LogP contribution in [0.5, 0.6) is 0 Å². The van der Waals surface area contributed by atoms with Crippen molar-refractivity contribution in [2.75, 3.05) is 11.9 Å². The van der Waals surface area contributed by atoms with Crippen molar-refractivity contribution in [2.24, 2.45) is 0 Å². The number of carbonyl (C=O) groups excluding carboxylic acids is 2. The van der Waals surface area contributed by atoms with Gasteiger partial charge in [0.1, 0.15) is 17.0 Å². The molecule has 0 radical (unpaired) electrons. The van der Waals surface area contributed by atoms with E-state index in [4.69, 9.17) is 16.7 Å². The Kier molecular flexibility index (Phi) is 7.18. The lowest BCUT2D eigenvalue weighted by Gasteiger charge is -2.19. The van der Waals surface area contributed by atoms with Crippen LogP contribution in [-0.2, 0) is 4.79 Å². The van der Waals surface area contributed by atoms with Gasteiger partial charge < -0.3 is 15.7 Å². The Morgan fingerprint density at radius 1 is 1.10 bits per heavy atom. The molecule has 0 saturated heterocycles. The van der Waals surface area contributed by atoms with Crippen LogP contribution in [0, 0.1) is 0 Å². The highest BCUT2D eigenvalue weighted by Gasteiger charge is 2.21. The molecule has 3 N–H and O–H groups in total. The summed E-state index contributed by atoms with van der Waals surface area (Å²) in [6.45, 7) is -0.646. The predicted molar refractivity (Wildman–Crippen MR) is 112 cm³/mol. The Hall–Kier alpha value is -2.94. The highest BCUT2D eigenvalue weighted by molar-refractivity contribution is 7.99. The Labute approximate surface area is 176 Å². The Morgan fingerprint density at radius 2 is 1.90 bits per heavy atom. The SMILES string of the molecule is O=C(CO)NC(Sc1ncccc1C(=O)Nc1cccc(Cl)c1)c1ccncc1. The van der Waals surface area contributed by atoms with E-state index in [1.165, 1.54) is 11.8 Å². The van der Waals surface area contributed by atoms with Crippen LogP contribution in [0.3, 0.4) is 0 Å². The fourth-order valence-electron chi connectivity index (χ4n) is 2.44. The number of aromatic nitrogens is 2. The van der Waals surface area contributed by atoms with E-state index in [9.17, 15) is 9.59 Å². The van der Waals surface area contributed by atoms with Gasteiger partial charge in [-0.05, 0) is 48.0 Å². The molecule has 3 rings (SSSR count). The van der Waals surface area contributed by atoms with Crippen LogP contribution in [0.4, 0.5) is 5.69 Å². The van der Waals surface area contributed by atoms with Crippen molar-refractivity contribution in [3.8, 4) is 0 Å². The van der Waals surface area contributed by atoms with Gasteiger partial charge in [0.15, 0.2) is 0 Å². The lowest BCUT2D eigenvalue weighted by molar-refractivity contribution is -0.124. The topological polar surface area (TPSA) is 104 Å². The Morgan fingerprint density at radius 3 is 2.62 bits per heavy atom. The second-order valence-electron chi connectivity index (χ2n) is 5.82. The number of amides is 2. The van der Waals surface area contributed by atoms with Crippen molar-refractivity contribution in [2.45, 2.75) is 10.4 Å². The van der Waals surface area contributed by atoms with E-state index in [0.717, 1.165) is 5.56 Å². The smallest absolute Gasteiger partial charge is 0.258 e. The van der Waals surface area contributed by atoms with E-state index in [1.807, 2.05) is 0 Å². The molecule has 0 fully saturated rings. The van der Waals surface area contributed by atoms with Crippen LogP contribution in [0.25, 0.3) is 0 Å². The maximum atomic E-state index is 12.8. The van der Waals surface area contributed by atoms with E-state index in [-0.39, 0.29) is 5.91 Å². The van der Waals surface area contributed by atoms with E-state index >= 15 is 0 Å². The van der Waals surface area contributed by atoms with Crippen molar-refractivity contribution >= 4 is 40.9 Å². The number of thioether (sulfide) groups is 1. The molecule has 2 aromatic heterocycles. The highest BCUT2D eigenvalue weighted by atomic mass is 35.5. The molecule has 0 aliphatic rings. The number of aliphatic hydroxyl groups is 1. The minimum atomic E-state index is -0.646. The van der Waals surface area contributed by atoms with Crippen LogP contribution in [0.15, 0.2) is 72.1 Å². The monoisotopic (exact) mass is 428 g/mol. The molecule has 7 nitrogen and oxygen atoms in total. The van der Waals surface area contributed by atoms with Gasteiger partial charge in [-0.1, -0.05) is 29.4 Å². The van der Waals surface area contributed by atoms with Gasteiger partial charge in [0.05, 0.1) is 5.56 Å². The maximum Gasteiger partial charge on any atom is 0.258 e. The van der Waals surface area contributed by atoms with Gasteiger partial charge in [-0.15, -0.1) is 0 Å². The molecule has 2 amide bonds. The number of aliphatic hydroxyl groups excluding tert-OH is 1. The molecule has 1 aromatic carbocycles. The first-order valence-corrected chi connectivity index (χ1v) is 9.81. The number of pyridine rings is 2. The zero-order chi connectivity index (χ0) is 20.6. The largest absolute Gasteiger partial charge is 0.387 e. The fourth-order valence-corrected chi connectivity index (χ4v) is 3.75. The first-order chi connectivity index (χ1) is 14.1. The van der Waals surface area contributed by atoms with Gasteiger partial charge in [-0.25, -0.2) is 4.98 Å². The number of carbonyl (C=O) groups is 2. The quantitative estimate of drug-likeness (QED) is 0.394. The van der Waals surface area contributed by atoms with Gasteiger partial charge in [0.25, 0.3) is 5.91 Å². The summed E-state index contributed by atoms with van der Waals surface area (Å²) in [7, 11) is 0. The first-order valence-electron chi connectivity index (χ1n) is 8.55. The standard InChI is InChI=1S/C20H17ClN4O3S/c21-14-3-1-4-15(11-14)24-18(28)16-5-2-8-23-20(16)29-19(25-17(27)12-26)13-6-9-22-10-7-13/h1-11,19,26H,12H2,(H,24,28)(H,25,27). The molecule has 0 spiro atoms. The van der Waals surface area contributed by atoms with Crippen LogP contribution in [0.1, 0.15) is 21.3 Å². The molecular formula is C20H17ClN4O3S. The first kappa shape index (κ1) is 20.8. The van der Waals surface area contributed by atoms with Gasteiger partial charge in [-0.3, -0.25) is 14.6 Å². The maximum absolute atomic E-state index is 12.8. The van der Waals surface area contributed by atoms with E-state index in [2.05, 4.69) is 20.6 Å². The number of nitrogens with one attached hydrogen (secondary N) is 2. The number of hydrogen-bond donors (Lipinski definition) is 3. The average molecular weight is 429 g/mol. The number of halogens is 1. The summed E-state index contributed by atoms with van der Waals surface area (Å²) in [5, 5.41) is 15.0. The molecule has 0 bridgehead atoms. The van der Waals surface area contributed by atoms with Gasteiger partial charge in [-0.2, -0.15) is 0 Å². The van der Waals surface area contributed by atoms with Crippen molar-refractivity contribution in [1.29, 1.82) is 0 Å². The van der Waals surface area contributed by atoms with Crippen molar-refractivity contribution in [1.82, 2.24) is 15.3 Å². The molecule has 29 heavy (non-hydrogen) atoms. The molecule has 1 atom stereocenters. The van der Waals surface area contributed by atoms with Gasteiger partial charge in [0, 0.05) is 29.3 Å². The lowest BCUT2D eigenvalue weighted by atomic mass is 10.2. The van der Waals surface area contributed by atoms with E-state index in [0.29, 0.717) is 21.3 Å². The predicted octanol–water partition coefficient (Wildman–Crippen LogP) is 3.28. The molecule has 3 aromatic rings. The van der Waals surface area contributed by atoms with E-state index in [1.54, 1.807) is 67.1 Å². The minimum absolute atomic E-state index is 0.342. The lowest BCUT2D eigenvalue weighted by Crippen LogP contribution is -2.29. The van der Waals surface area contributed by atoms with Crippen molar-refractivity contribution in [3.63, 3.8) is 0 Å². The van der Waals surface area contributed by atoms with Crippen LogP contribution >= 0.6 is 23.4 Å². The summed E-state index contributed by atoms with van der Waals surface area (Å²) in [4.78, 5) is 32.8. The molecule has 1 unspecified atom stereocenters. The molecule has 0 aliphatic heterocycles. The zero-order valence-corrected chi connectivity index (χ0v) is 16.7. The molecule has 0 aliphatic carbocycles. The van der Waals surface area contributed by atoms with Crippen LogP contribution in [-0.4, -0.2) is 33.5 Å². The second-order valence-corrected chi connectivity index (χ2v) is 7.35. The number of hydrogen-bond acceptors (Lipinski definition) is 6. The summed E-state index contributed by atoms with van der Waals surface area (Å²) in [5.74, 6) is -0.898.